The molecular weight excluding hydrogens is 256 g/mol. The fraction of sp³-hybridized carbons (Fsp3) is 0.214. The molecule has 0 saturated carbocycles. The summed E-state index contributed by atoms with van der Waals surface area (Å²) in [5.41, 5.74) is -0.0589. The Hall–Kier alpha value is -2.63. The maximum absolute atomic E-state index is 12.4. The van der Waals surface area contributed by atoms with E-state index in [9.17, 15) is 9.59 Å². The van der Waals surface area contributed by atoms with Crippen molar-refractivity contribution in [2.75, 3.05) is 0 Å². The molecule has 104 valence electrons. The number of rotatable bonds is 6. The lowest BCUT2D eigenvalue weighted by Crippen LogP contribution is -2.40. The number of allylic oxidation sites excluding steroid dienone is 3. The molecule has 2 heterocycles. The summed E-state index contributed by atoms with van der Waals surface area (Å²) in [7, 11) is 0. The Bertz CT molecular complexity index is 792. The molecule has 0 saturated heterocycles. The van der Waals surface area contributed by atoms with Crippen LogP contribution in [0.5, 0.6) is 0 Å². The van der Waals surface area contributed by atoms with E-state index < -0.39 is 11.2 Å². The lowest BCUT2D eigenvalue weighted by Gasteiger charge is -2.11. The van der Waals surface area contributed by atoms with Crippen molar-refractivity contribution in [3.8, 4) is 0 Å². The molecule has 0 aliphatic carbocycles. The molecule has 0 atom stereocenters. The maximum Gasteiger partial charge on any atom is 0.333 e. The average Bonchev–Trinajstić information content (AvgIpc) is 2.84. The third-order valence-electron chi connectivity index (χ3n) is 2.92. The van der Waals surface area contributed by atoms with E-state index in [0.29, 0.717) is 18.7 Å². The highest BCUT2D eigenvalue weighted by atomic mass is 16.2. The van der Waals surface area contributed by atoms with Crippen LogP contribution in [-0.4, -0.2) is 18.7 Å². The first-order chi connectivity index (χ1) is 9.65. The SMILES string of the molecule is C=CCn1c(=O)c2ncn(CC=C)c2n(CC=C)c1=O. The van der Waals surface area contributed by atoms with Gasteiger partial charge in [0.1, 0.15) is 0 Å². The second-order valence-corrected chi connectivity index (χ2v) is 4.24. The molecule has 0 aliphatic rings. The molecule has 0 aromatic carbocycles. The zero-order valence-electron chi connectivity index (χ0n) is 11.2. The van der Waals surface area contributed by atoms with Gasteiger partial charge in [-0.15, -0.1) is 19.7 Å². The van der Waals surface area contributed by atoms with Crippen LogP contribution in [0.1, 0.15) is 0 Å². The second kappa shape index (κ2) is 5.56. The van der Waals surface area contributed by atoms with Crippen molar-refractivity contribution >= 4 is 11.2 Å². The number of imidazole rings is 1. The Balaban J connectivity index is 2.93. The molecule has 0 bridgehead atoms. The summed E-state index contributed by atoms with van der Waals surface area (Å²) < 4.78 is 4.31. The number of hydrogen-bond donors (Lipinski definition) is 0. The third-order valence-corrected chi connectivity index (χ3v) is 2.92. The van der Waals surface area contributed by atoms with Crippen molar-refractivity contribution in [2.24, 2.45) is 0 Å². The molecule has 0 amide bonds. The van der Waals surface area contributed by atoms with Crippen LogP contribution in [0.15, 0.2) is 53.9 Å². The summed E-state index contributed by atoms with van der Waals surface area (Å²) in [6.45, 7) is 11.8. The maximum atomic E-state index is 12.4. The predicted molar refractivity (Wildman–Crippen MR) is 78.8 cm³/mol. The molecule has 0 unspecified atom stereocenters. The van der Waals surface area contributed by atoms with E-state index in [4.69, 9.17) is 0 Å². The Morgan fingerprint density at radius 2 is 1.60 bits per heavy atom. The van der Waals surface area contributed by atoms with Gasteiger partial charge in [-0.25, -0.2) is 9.78 Å². The van der Waals surface area contributed by atoms with E-state index in [2.05, 4.69) is 24.7 Å². The summed E-state index contributed by atoms with van der Waals surface area (Å²) in [5, 5.41) is 0. The molecular formula is C14H16N4O2. The first kappa shape index (κ1) is 13.8. The summed E-state index contributed by atoms with van der Waals surface area (Å²) in [4.78, 5) is 28.8. The molecule has 2 aromatic heterocycles. The van der Waals surface area contributed by atoms with Gasteiger partial charge in [-0.1, -0.05) is 18.2 Å². The van der Waals surface area contributed by atoms with E-state index in [0.717, 1.165) is 4.57 Å². The largest absolute Gasteiger partial charge is 0.333 e. The van der Waals surface area contributed by atoms with Gasteiger partial charge in [-0.3, -0.25) is 13.9 Å². The van der Waals surface area contributed by atoms with Gasteiger partial charge in [0.15, 0.2) is 11.2 Å². The minimum atomic E-state index is -0.409. The summed E-state index contributed by atoms with van der Waals surface area (Å²) in [5.74, 6) is 0. The minimum absolute atomic E-state index is 0.152. The van der Waals surface area contributed by atoms with Crippen LogP contribution in [0.4, 0.5) is 0 Å². The van der Waals surface area contributed by atoms with Gasteiger partial charge in [0, 0.05) is 19.6 Å². The van der Waals surface area contributed by atoms with Gasteiger partial charge in [-0.05, 0) is 0 Å². The molecule has 20 heavy (non-hydrogen) atoms. The predicted octanol–water partition coefficient (Wildman–Crippen LogP) is 0.918. The van der Waals surface area contributed by atoms with Crippen molar-refractivity contribution in [2.45, 2.75) is 19.6 Å². The molecule has 2 aromatic rings. The molecule has 6 heteroatoms. The average molecular weight is 272 g/mol. The lowest BCUT2D eigenvalue weighted by molar-refractivity contribution is 0.635. The molecule has 0 aliphatic heterocycles. The van der Waals surface area contributed by atoms with E-state index in [1.54, 1.807) is 16.7 Å². The summed E-state index contributed by atoms with van der Waals surface area (Å²) in [6.07, 6.45) is 6.33. The number of fused-ring (bicyclic) bond motifs is 1. The van der Waals surface area contributed by atoms with E-state index in [1.165, 1.54) is 17.0 Å². The van der Waals surface area contributed by atoms with Crippen molar-refractivity contribution in [1.29, 1.82) is 0 Å². The molecule has 0 N–H and O–H groups in total. The highest BCUT2D eigenvalue weighted by molar-refractivity contribution is 5.70. The quantitative estimate of drug-likeness (QED) is 0.735. The topological polar surface area (TPSA) is 61.8 Å². The number of aromatic nitrogens is 4. The monoisotopic (exact) mass is 272 g/mol. The van der Waals surface area contributed by atoms with Crippen molar-refractivity contribution < 1.29 is 0 Å². The summed E-state index contributed by atoms with van der Waals surface area (Å²) >= 11 is 0. The van der Waals surface area contributed by atoms with Crippen LogP contribution in [0.2, 0.25) is 0 Å². The Labute approximate surface area is 115 Å². The summed E-state index contributed by atoms with van der Waals surface area (Å²) in [6, 6.07) is 0. The van der Waals surface area contributed by atoms with Gasteiger partial charge in [0.25, 0.3) is 5.56 Å². The lowest BCUT2D eigenvalue weighted by atomic mass is 10.4. The standard InChI is InChI=1S/C14H16N4O2/c1-4-7-16-10-15-11-12(16)17(8-5-2)14(20)18(9-6-3)13(11)19/h4-6,10H,1-3,7-9H2. The van der Waals surface area contributed by atoms with Crippen molar-refractivity contribution in [3.05, 3.63) is 65.1 Å². The van der Waals surface area contributed by atoms with Crippen LogP contribution in [0.25, 0.3) is 11.2 Å². The Morgan fingerprint density at radius 3 is 2.20 bits per heavy atom. The van der Waals surface area contributed by atoms with Crippen LogP contribution in [-0.2, 0) is 19.6 Å². The van der Waals surface area contributed by atoms with Gasteiger partial charge >= 0.3 is 5.69 Å². The van der Waals surface area contributed by atoms with Gasteiger partial charge in [0.05, 0.1) is 6.33 Å². The smallest absolute Gasteiger partial charge is 0.313 e. The zero-order chi connectivity index (χ0) is 14.7. The minimum Gasteiger partial charge on any atom is -0.313 e. The Morgan fingerprint density at radius 1 is 1.00 bits per heavy atom. The molecule has 2 rings (SSSR count). The number of nitrogens with zero attached hydrogens (tertiary/aromatic N) is 4. The molecule has 0 spiro atoms. The first-order valence-corrected chi connectivity index (χ1v) is 6.16. The van der Waals surface area contributed by atoms with Crippen LogP contribution in [0.3, 0.4) is 0 Å². The van der Waals surface area contributed by atoms with Gasteiger partial charge in [-0.2, -0.15) is 0 Å². The molecule has 0 radical (unpaired) electrons. The number of hydrogen-bond acceptors (Lipinski definition) is 3. The van der Waals surface area contributed by atoms with E-state index in [-0.39, 0.29) is 12.1 Å². The van der Waals surface area contributed by atoms with Crippen LogP contribution < -0.4 is 11.2 Å². The molecule has 0 fully saturated rings. The highest BCUT2D eigenvalue weighted by Crippen LogP contribution is 2.07. The normalized spacial score (nSPS) is 10.6. The van der Waals surface area contributed by atoms with E-state index >= 15 is 0 Å². The second-order valence-electron chi connectivity index (χ2n) is 4.24. The van der Waals surface area contributed by atoms with Crippen molar-refractivity contribution in [1.82, 2.24) is 18.7 Å². The van der Waals surface area contributed by atoms with Crippen molar-refractivity contribution in [3.63, 3.8) is 0 Å². The fourth-order valence-electron chi connectivity index (χ4n) is 2.12. The Kier molecular flexibility index (Phi) is 3.84. The fourth-order valence-corrected chi connectivity index (χ4v) is 2.12. The van der Waals surface area contributed by atoms with E-state index in [1.807, 2.05) is 0 Å². The van der Waals surface area contributed by atoms with Crippen LogP contribution in [0, 0.1) is 0 Å². The van der Waals surface area contributed by atoms with Gasteiger partial charge < -0.3 is 4.57 Å². The zero-order valence-corrected chi connectivity index (χ0v) is 11.2. The molecule has 6 nitrogen and oxygen atoms in total. The first-order valence-electron chi connectivity index (χ1n) is 6.16. The van der Waals surface area contributed by atoms with Gasteiger partial charge in [0.2, 0.25) is 0 Å². The third kappa shape index (κ3) is 2.05. The highest BCUT2D eigenvalue weighted by Gasteiger charge is 2.16. The van der Waals surface area contributed by atoms with Crippen LogP contribution >= 0.6 is 0 Å².